The zero-order valence-corrected chi connectivity index (χ0v) is 15.6. The molecule has 26 heavy (non-hydrogen) atoms. The fourth-order valence-electron chi connectivity index (χ4n) is 4.31. The Hall–Kier alpha value is -1.95. The van der Waals surface area contributed by atoms with Crippen LogP contribution in [-0.4, -0.2) is 34.0 Å². The van der Waals surface area contributed by atoms with Crippen LogP contribution in [0.1, 0.15) is 61.1 Å². The second kappa shape index (κ2) is 6.34. The van der Waals surface area contributed by atoms with Crippen LogP contribution in [-0.2, 0) is 5.41 Å². The molecule has 1 saturated heterocycles. The lowest BCUT2D eigenvalue weighted by Gasteiger charge is -2.24. The van der Waals surface area contributed by atoms with E-state index in [-0.39, 0.29) is 28.7 Å². The van der Waals surface area contributed by atoms with Gasteiger partial charge >= 0.3 is 0 Å². The molecule has 138 valence electrons. The Labute approximate surface area is 156 Å². The van der Waals surface area contributed by atoms with E-state index >= 15 is 0 Å². The van der Waals surface area contributed by atoms with E-state index in [1.165, 1.54) is 18.2 Å². The van der Waals surface area contributed by atoms with Crippen molar-refractivity contribution in [2.45, 2.75) is 44.4 Å². The Morgan fingerprint density at radius 3 is 3.00 bits per heavy atom. The smallest absolute Gasteiger partial charge is 0.256 e. The first-order valence-electron chi connectivity index (χ1n) is 8.99. The maximum Gasteiger partial charge on any atom is 0.256 e. The number of nitrogens with zero attached hydrogens (tertiary/aromatic N) is 3. The van der Waals surface area contributed by atoms with Crippen molar-refractivity contribution in [2.75, 3.05) is 13.1 Å². The molecule has 0 bridgehead atoms. The monoisotopic (exact) mass is 377 g/mol. The molecule has 2 unspecified atom stereocenters. The molecule has 4 rings (SSSR count). The van der Waals surface area contributed by atoms with E-state index in [0.717, 1.165) is 19.3 Å². The third-order valence-corrected chi connectivity index (χ3v) is 5.93. The molecule has 0 N–H and O–H groups in total. The predicted octanol–water partition coefficient (Wildman–Crippen LogP) is 4.18. The number of benzene rings is 1. The van der Waals surface area contributed by atoms with Gasteiger partial charge in [0.1, 0.15) is 5.82 Å². The number of rotatable bonds is 3. The highest BCUT2D eigenvalue weighted by atomic mass is 35.5. The van der Waals surface area contributed by atoms with Crippen molar-refractivity contribution < 1.29 is 13.7 Å². The fourth-order valence-corrected chi connectivity index (χ4v) is 4.49. The minimum Gasteiger partial charge on any atom is -0.339 e. The first-order chi connectivity index (χ1) is 12.4. The van der Waals surface area contributed by atoms with Gasteiger partial charge in [0, 0.05) is 24.0 Å². The van der Waals surface area contributed by atoms with Crippen LogP contribution in [0.3, 0.4) is 0 Å². The van der Waals surface area contributed by atoms with Crippen LogP contribution in [0.25, 0.3) is 0 Å². The summed E-state index contributed by atoms with van der Waals surface area (Å²) in [4.78, 5) is 19.2. The molecule has 2 aliphatic rings. The van der Waals surface area contributed by atoms with Gasteiger partial charge in [-0.3, -0.25) is 4.79 Å². The topological polar surface area (TPSA) is 59.2 Å². The summed E-state index contributed by atoms with van der Waals surface area (Å²) in [6.45, 7) is 5.08. The minimum atomic E-state index is -0.549. The highest BCUT2D eigenvalue weighted by Crippen LogP contribution is 2.50. The number of likely N-dealkylation sites (tertiary alicyclic amines) is 1. The number of hydrogen-bond acceptors (Lipinski definition) is 4. The molecule has 2 atom stereocenters. The summed E-state index contributed by atoms with van der Waals surface area (Å²) in [5, 5.41) is 4.58. The third kappa shape index (κ3) is 2.71. The van der Waals surface area contributed by atoms with Crippen molar-refractivity contribution in [1.29, 1.82) is 0 Å². The molecule has 1 aliphatic heterocycles. The first-order valence-corrected chi connectivity index (χ1v) is 9.37. The van der Waals surface area contributed by atoms with E-state index in [1.807, 2.05) is 13.8 Å². The molecule has 2 heterocycles. The molecule has 1 saturated carbocycles. The van der Waals surface area contributed by atoms with E-state index in [9.17, 15) is 9.18 Å². The van der Waals surface area contributed by atoms with Crippen LogP contribution < -0.4 is 0 Å². The summed E-state index contributed by atoms with van der Waals surface area (Å²) < 4.78 is 19.5. The van der Waals surface area contributed by atoms with Gasteiger partial charge < -0.3 is 9.42 Å². The lowest BCUT2D eigenvalue weighted by atomic mass is 9.80. The number of aromatic nitrogens is 2. The maximum atomic E-state index is 14.1. The molecule has 1 aromatic heterocycles. The number of halogens is 2. The van der Waals surface area contributed by atoms with Gasteiger partial charge in [-0.1, -0.05) is 37.0 Å². The molecule has 2 fully saturated rings. The van der Waals surface area contributed by atoms with Gasteiger partial charge in [-0.15, -0.1) is 0 Å². The normalized spacial score (nSPS) is 25.1. The predicted molar refractivity (Wildman–Crippen MR) is 94.7 cm³/mol. The van der Waals surface area contributed by atoms with Crippen molar-refractivity contribution in [3.8, 4) is 0 Å². The van der Waals surface area contributed by atoms with Crippen LogP contribution >= 0.6 is 11.6 Å². The zero-order chi connectivity index (χ0) is 18.5. The van der Waals surface area contributed by atoms with E-state index in [4.69, 9.17) is 16.1 Å². The molecule has 0 radical (unpaired) electrons. The number of amides is 1. The highest BCUT2D eigenvalue weighted by molar-refractivity contribution is 6.31. The second-order valence-corrected chi connectivity index (χ2v) is 8.10. The van der Waals surface area contributed by atoms with Gasteiger partial charge in [-0.2, -0.15) is 4.98 Å². The molecular formula is C19H21ClFN3O2. The van der Waals surface area contributed by atoms with Gasteiger partial charge in [0.25, 0.3) is 5.91 Å². The van der Waals surface area contributed by atoms with Crippen LogP contribution in [0.4, 0.5) is 4.39 Å². The summed E-state index contributed by atoms with van der Waals surface area (Å²) in [6.07, 6.45) is 2.99. The van der Waals surface area contributed by atoms with E-state index < -0.39 is 5.82 Å². The lowest BCUT2D eigenvalue weighted by Crippen LogP contribution is -2.35. The summed E-state index contributed by atoms with van der Waals surface area (Å²) in [5.74, 6) is 0.855. The van der Waals surface area contributed by atoms with Gasteiger partial charge in [-0.05, 0) is 37.0 Å². The third-order valence-electron chi connectivity index (χ3n) is 5.70. The average Bonchev–Trinajstić information content (AvgIpc) is 3.29. The molecule has 1 amide bonds. The second-order valence-electron chi connectivity index (χ2n) is 7.67. The van der Waals surface area contributed by atoms with E-state index in [1.54, 1.807) is 4.90 Å². The summed E-state index contributed by atoms with van der Waals surface area (Å²) in [7, 11) is 0. The number of carbonyl (C=O) groups excluding carboxylic acids is 1. The number of fused-ring (bicyclic) bond motifs is 1. The summed E-state index contributed by atoms with van der Waals surface area (Å²) >= 11 is 5.95. The van der Waals surface area contributed by atoms with E-state index in [2.05, 4.69) is 10.1 Å². The summed E-state index contributed by atoms with van der Waals surface area (Å²) in [5.41, 5.74) is -0.273. The minimum absolute atomic E-state index is 0.0172. The molecule has 7 heteroatoms. The average molecular weight is 378 g/mol. The van der Waals surface area contributed by atoms with Crippen LogP contribution in [0.15, 0.2) is 22.7 Å². The van der Waals surface area contributed by atoms with Crippen LogP contribution in [0.2, 0.25) is 5.02 Å². The molecule has 1 aliphatic carbocycles. The van der Waals surface area contributed by atoms with Gasteiger partial charge in [0.15, 0.2) is 5.82 Å². The Bertz CT molecular complexity index is 853. The maximum absolute atomic E-state index is 14.1. The Morgan fingerprint density at radius 1 is 1.46 bits per heavy atom. The zero-order valence-electron chi connectivity index (χ0n) is 14.8. The number of carbonyl (C=O) groups is 1. The van der Waals surface area contributed by atoms with Gasteiger partial charge in [-0.25, -0.2) is 4.39 Å². The molecule has 5 nitrogen and oxygen atoms in total. The Balaban J connectivity index is 1.64. The largest absolute Gasteiger partial charge is 0.339 e. The van der Waals surface area contributed by atoms with Crippen molar-refractivity contribution in [1.82, 2.24) is 15.0 Å². The van der Waals surface area contributed by atoms with Gasteiger partial charge in [0.05, 0.1) is 11.0 Å². The van der Waals surface area contributed by atoms with Crippen molar-refractivity contribution in [3.05, 3.63) is 46.3 Å². The standard InChI is InChI=1S/C19H21ClFN3O2/c1-11(2)16-22-18(23-26-16)19-7-3-4-12(19)9-24(10-19)17(25)14-8-13(20)5-6-15(14)21/h5-6,8,11-12H,3-4,7,9-10H2,1-2H3. The lowest BCUT2D eigenvalue weighted by molar-refractivity contribution is 0.0772. The van der Waals surface area contributed by atoms with Crippen LogP contribution in [0.5, 0.6) is 0 Å². The molecule has 1 aromatic carbocycles. The SMILES string of the molecule is CC(C)c1nc(C23CCCC2CN(C(=O)c2cc(Cl)ccc2F)C3)no1. The van der Waals surface area contributed by atoms with Crippen LogP contribution in [0, 0.1) is 11.7 Å². The van der Waals surface area contributed by atoms with Gasteiger partial charge in [0.2, 0.25) is 5.89 Å². The van der Waals surface area contributed by atoms with Crippen molar-refractivity contribution in [2.24, 2.45) is 5.92 Å². The Kier molecular flexibility index (Phi) is 4.26. The fraction of sp³-hybridized carbons (Fsp3) is 0.526. The Morgan fingerprint density at radius 2 is 2.27 bits per heavy atom. The van der Waals surface area contributed by atoms with E-state index in [0.29, 0.717) is 29.8 Å². The number of hydrogen-bond donors (Lipinski definition) is 0. The highest BCUT2D eigenvalue weighted by Gasteiger charge is 2.54. The summed E-state index contributed by atoms with van der Waals surface area (Å²) in [6, 6.07) is 4.07. The molecule has 2 aromatic rings. The molecular weight excluding hydrogens is 357 g/mol. The molecule has 0 spiro atoms. The van der Waals surface area contributed by atoms with Crippen molar-refractivity contribution in [3.63, 3.8) is 0 Å². The van der Waals surface area contributed by atoms with Crippen molar-refractivity contribution >= 4 is 17.5 Å². The first kappa shape index (κ1) is 17.5. The quantitative estimate of drug-likeness (QED) is 0.805.